The summed E-state index contributed by atoms with van der Waals surface area (Å²) in [7, 11) is 0. The molecule has 0 heterocycles. The fraction of sp³-hybridized carbons (Fsp3) is 0.200. The molecule has 1 atom stereocenters. The maximum Gasteiger partial charge on any atom is 0.137 e. The monoisotopic (exact) mass is 325 g/mol. The molecule has 0 saturated heterocycles. The van der Waals surface area contributed by atoms with Crippen LogP contribution in [0.1, 0.15) is 24.1 Å². The Labute approximate surface area is 119 Å². The number of anilines is 1. The van der Waals surface area contributed by atoms with E-state index in [-0.39, 0.29) is 17.7 Å². The fourth-order valence-electron chi connectivity index (χ4n) is 1.85. The largest absolute Gasteiger partial charge is 0.378 e. The van der Waals surface area contributed by atoms with Crippen LogP contribution in [0.2, 0.25) is 0 Å². The second-order valence-corrected chi connectivity index (χ2v) is 5.35. The third kappa shape index (κ3) is 3.32. The number of halogens is 3. The van der Waals surface area contributed by atoms with Crippen LogP contribution >= 0.6 is 15.9 Å². The summed E-state index contributed by atoms with van der Waals surface area (Å²) in [6.45, 7) is 3.86. The molecular weight excluding hydrogens is 312 g/mol. The van der Waals surface area contributed by atoms with E-state index in [4.69, 9.17) is 0 Å². The predicted octanol–water partition coefficient (Wildman–Crippen LogP) is 5.21. The lowest BCUT2D eigenvalue weighted by atomic mass is 10.1. The third-order valence-corrected chi connectivity index (χ3v) is 3.62. The second-order valence-electron chi connectivity index (χ2n) is 4.50. The summed E-state index contributed by atoms with van der Waals surface area (Å²) in [5, 5.41) is 3.23. The van der Waals surface area contributed by atoms with E-state index >= 15 is 0 Å². The molecule has 2 rings (SSSR count). The topological polar surface area (TPSA) is 12.0 Å². The molecule has 4 heteroatoms. The highest BCUT2D eigenvalue weighted by Gasteiger charge is 2.09. The number of benzene rings is 2. The number of hydrogen-bond acceptors (Lipinski definition) is 1. The Morgan fingerprint density at radius 1 is 1.11 bits per heavy atom. The van der Waals surface area contributed by atoms with Gasteiger partial charge in [-0.25, -0.2) is 8.78 Å². The molecule has 1 nitrogen and oxygen atoms in total. The van der Waals surface area contributed by atoms with E-state index in [1.165, 1.54) is 18.2 Å². The molecule has 1 unspecified atom stereocenters. The van der Waals surface area contributed by atoms with Crippen LogP contribution in [0, 0.1) is 18.6 Å². The SMILES string of the molecule is Cc1ccc(F)cc1NC(C)c1ccc(F)c(Br)c1. The second kappa shape index (κ2) is 5.70. The van der Waals surface area contributed by atoms with Crippen LogP contribution in [0.4, 0.5) is 14.5 Å². The molecule has 2 aromatic rings. The average Bonchev–Trinajstić information content (AvgIpc) is 2.37. The van der Waals surface area contributed by atoms with Gasteiger partial charge in [0.05, 0.1) is 4.47 Å². The van der Waals surface area contributed by atoms with Crippen LogP contribution in [-0.4, -0.2) is 0 Å². The Hall–Kier alpha value is -1.42. The third-order valence-electron chi connectivity index (χ3n) is 3.02. The molecule has 2 aromatic carbocycles. The van der Waals surface area contributed by atoms with Crippen LogP contribution in [0.15, 0.2) is 40.9 Å². The van der Waals surface area contributed by atoms with Crippen molar-refractivity contribution < 1.29 is 8.78 Å². The zero-order chi connectivity index (χ0) is 14.0. The predicted molar refractivity (Wildman–Crippen MR) is 77.3 cm³/mol. The maximum atomic E-state index is 13.2. The number of rotatable bonds is 3. The first kappa shape index (κ1) is 14.0. The Kier molecular flexibility index (Phi) is 4.20. The van der Waals surface area contributed by atoms with Gasteiger partial charge in [0.2, 0.25) is 0 Å². The summed E-state index contributed by atoms with van der Waals surface area (Å²) < 4.78 is 26.8. The van der Waals surface area contributed by atoms with Gasteiger partial charge in [-0.2, -0.15) is 0 Å². The molecule has 0 aliphatic carbocycles. The van der Waals surface area contributed by atoms with Crippen LogP contribution in [0.3, 0.4) is 0 Å². The van der Waals surface area contributed by atoms with Gasteiger partial charge in [0.1, 0.15) is 11.6 Å². The minimum absolute atomic E-state index is 0.0441. The van der Waals surface area contributed by atoms with Crippen LogP contribution in [-0.2, 0) is 0 Å². The highest BCUT2D eigenvalue weighted by atomic mass is 79.9. The molecule has 0 radical (unpaired) electrons. The van der Waals surface area contributed by atoms with E-state index in [0.717, 1.165) is 16.8 Å². The van der Waals surface area contributed by atoms with Crippen molar-refractivity contribution in [3.8, 4) is 0 Å². The highest BCUT2D eigenvalue weighted by molar-refractivity contribution is 9.10. The van der Waals surface area contributed by atoms with Gasteiger partial charge in [-0.3, -0.25) is 0 Å². The van der Waals surface area contributed by atoms with E-state index in [1.807, 2.05) is 13.8 Å². The average molecular weight is 326 g/mol. The molecule has 0 amide bonds. The first-order chi connectivity index (χ1) is 8.97. The molecule has 0 bridgehead atoms. The molecular formula is C15H14BrF2N. The van der Waals surface area contributed by atoms with Crippen molar-refractivity contribution in [2.75, 3.05) is 5.32 Å². The van der Waals surface area contributed by atoms with Gasteiger partial charge in [-0.05, 0) is 65.2 Å². The van der Waals surface area contributed by atoms with Gasteiger partial charge in [-0.15, -0.1) is 0 Å². The highest BCUT2D eigenvalue weighted by Crippen LogP contribution is 2.25. The van der Waals surface area contributed by atoms with Crippen LogP contribution in [0.5, 0.6) is 0 Å². The Bertz CT molecular complexity index is 599. The normalized spacial score (nSPS) is 12.3. The van der Waals surface area contributed by atoms with Crippen molar-refractivity contribution >= 4 is 21.6 Å². The van der Waals surface area contributed by atoms with Crippen LogP contribution in [0.25, 0.3) is 0 Å². The molecule has 19 heavy (non-hydrogen) atoms. The summed E-state index contributed by atoms with van der Waals surface area (Å²) in [6.07, 6.45) is 0. The first-order valence-corrected chi connectivity index (χ1v) is 6.74. The molecule has 0 aliphatic rings. The molecule has 1 N–H and O–H groups in total. The van der Waals surface area contributed by atoms with Gasteiger partial charge in [0, 0.05) is 11.7 Å². The number of hydrogen-bond donors (Lipinski definition) is 1. The zero-order valence-electron chi connectivity index (χ0n) is 10.7. The van der Waals surface area contributed by atoms with Crippen molar-refractivity contribution in [3.05, 3.63) is 63.6 Å². The zero-order valence-corrected chi connectivity index (χ0v) is 12.3. The summed E-state index contributed by atoms with van der Waals surface area (Å²) in [4.78, 5) is 0. The van der Waals surface area contributed by atoms with Crippen molar-refractivity contribution in [2.45, 2.75) is 19.9 Å². The van der Waals surface area contributed by atoms with E-state index in [0.29, 0.717) is 4.47 Å². The van der Waals surface area contributed by atoms with Gasteiger partial charge in [0.15, 0.2) is 0 Å². The molecule has 0 aromatic heterocycles. The Balaban J connectivity index is 2.22. The Morgan fingerprint density at radius 3 is 2.53 bits per heavy atom. The van der Waals surface area contributed by atoms with E-state index in [9.17, 15) is 8.78 Å². The van der Waals surface area contributed by atoms with Crippen molar-refractivity contribution in [1.82, 2.24) is 0 Å². The smallest absolute Gasteiger partial charge is 0.137 e. The summed E-state index contributed by atoms with van der Waals surface area (Å²) in [5.41, 5.74) is 2.64. The van der Waals surface area contributed by atoms with Crippen molar-refractivity contribution in [3.63, 3.8) is 0 Å². The van der Waals surface area contributed by atoms with Gasteiger partial charge < -0.3 is 5.32 Å². The summed E-state index contributed by atoms with van der Waals surface area (Å²) in [5.74, 6) is -0.571. The van der Waals surface area contributed by atoms with E-state index in [2.05, 4.69) is 21.2 Å². The van der Waals surface area contributed by atoms with Gasteiger partial charge in [-0.1, -0.05) is 12.1 Å². The molecule has 0 saturated carbocycles. The lowest BCUT2D eigenvalue weighted by Crippen LogP contribution is -2.08. The minimum Gasteiger partial charge on any atom is -0.378 e. The minimum atomic E-state index is -0.294. The van der Waals surface area contributed by atoms with Crippen LogP contribution < -0.4 is 5.32 Å². The number of aryl methyl sites for hydroxylation is 1. The lowest BCUT2D eigenvalue weighted by Gasteiger charge is -2.18. The molecule has 0 spiro atoms. The van der Waals surface area contributed by atoms with Gasteiger partial charge >= 0.3 is 0 Å². The Morgan fingerprint density at radius 2 is 1.84 bits per heavy atom. The molecule has 0 fully saturated rings. The van der Waals surface area contributed by atoms with Gasteiger partial charge in [0.25, 0.3) is 0 Å². The van der Waals surface area contributed by atoms with E-state index < -0.39 is 0 Å². The van der Waals surface area contributed by atoms with Crippen molar-refractivity contribution in [1.29, 1.82) is 0 Å². The fourth-order valence-corrected chi connectivity index (χ4v) is 2.24. The summed E-state index contributed by atoms with van der Waals surface area (Å²) >= 11 is 3.16. The molecule has 100 valence electrons. The first-order valence-electron chi connectivity index (χ1n) is 5.95. The summed E-state index contributed by atoms with van der Waals surface area (Å²) in [6, 6.07) is 9.43. The quantitative estimate of drug-likeness (QED) is 0.816. The lowest BCUT2D eigenvalue weighted by molar-refractivity contribution is 0.619. The number of nitrogens with one attached hydrogen (secondary N) is 1. The standard InChI is InChI=1S/C15H14BrF2N/c1-9-3-5-12(17)8-15(9)19-10(2)11-4-6-14(18)13(16)7-11/h3-8,10,19H,1-2H3. The van der Waals surface area contributed by atoms with E-state index in [1.54, 1.807) is 18.2 Å². The maximum absolute atomic E-state index is 13.2. The van der Waals surface area contributed by atoms with Crippen molar-refractivity contribution in [2.24, 2.45) is 0 Å². The molecule has 0 aliphatic heterocycles.